The normalized spacial score (nSPS) is 14.5. The average molecular weight is 439 g/mol. The van der Waals surface area contributed by atoms with Crippen LogP contribution in [-0.2, 0) is 0 Å². The van der Waals surface area contributed by atoms with Crippen molar-refractivity contribution >= 4 is 11.9 Å². The highest BCUT2D eigenvalue weighted by Crippen LogP contribution is 2.31. The summed E-state index contributed by atoms with van der Waals surface area (Å²) in [6.45, 7) is 2.81. The average Bonchev–Trinajstić information content (AvgIpc) is 3.31. The predicted molar refractivity (Wildman–Crippen MR) is 113 cm³/mol. The number of urea groups is 1. The van der Waals surface area contributed by atoms with Gasteiger partial charge in [-0.25, -0.2) is 19.6 Å². The Morgan fingerprint density at radius 3 is 2.66 bits per heavy atom. The number of carbonyl (C=O) groups excluding carboxylic acids is 2. The first-order chi connectivity index (χ1) is 15.5. The van der Waals surface area contributed by atoms with Crippen LogP contribution >= 0.6 is 0 Å². The van der Waals surface area contributed by atoms with Crippen LogP contribution in [0.1, 0.15) is 17.4 Å². The van der Waals surface area contributed by atoms with Crippen molar-refractivity contribution in [1.82, 2.24) is 25.3 Å². The highest BCUT2D eigenvalue weighted by molar-refractivity contribution is 5.94. The number of hydrazine groups is 1. The van der Waals surface area contributed by atoms with Crippen LogP contribution in [0.3, 0.4) is 0 Å². The summed E-state index contributed by atoms with van der Waals surface area (Å²) in [5, 5.41) is 0. The molecule has 0 saturated heterocycles. The number of nitrogens with one attached hydrogen (secondary N) is 2. The van der Waals surface area contributed by atoms with E-state index in [-0.39, 0.29) is 24.2 Å². The number of hydrogen-bond acceptors (Lipinski definition) is 5. The van der Waals surface area contributed by atoms with Gasteiger partial charge in [-0.1, -0.05) is 12.1 Å². The molecule has 3 aromatic rings. The number of rotatable bonds is 5. The fraction of sp³-hybridized carbons (Fsp3) is 0.227. The quantitative estimate of drug-likeness (QED) is 0.596. The number of ether oxygens (including phenoxy) is 2. The van der Waals surface area contributed by atoms with Gasteiger partial charge in [0.1, 0.15) is 18.1 Å². The maximum atomic E-state index is 13.2. The topological polar surface area (TPSA) is 97.7 Å². The van der Waals surface area contributed by atoms with Crippen LogP contribution in [0.5, 0.6) is 11.5 Å². The maximum Gasteiger partial charge on any atom is 0.336 e. The highest BCUT2D eigenvalue weighted by Gasteiger charge is 2.25. The highest BCUT2D eigenvalue weighted by atomic mass is 19.1. The molecule has 1 aliphatic heterocycles. The second-order valence-corrected chi connectivity index (χ2v) is 7.05. The van der Waals surface area contributed by atoms with Crippen LogP contribution in [0.25, 0.3) is 5.69 Å². The molecule has 0 fully saturated rings. The standard InChI is InChI=1S/C22H22FN5O4/c1-2-27(12-17-13-31-19-5-3-4-6-20(19)32-17)22(30)26-25-21(29)18-11-24-14-28(18)16-9-7-15(23)8-10-16/h3-11,14,17H,2,12-13H2,1H3,(H,25,29)(H,26,30). The number of benzene rings is 2. The molecule has 166 valence electrons. The number of halogens is 1. The van der Waals surface area contributed by atoms with E-state index in [0.717, 1.165) is 0 Å². The van der Waals surface area contributed by atoms with Crippen molar-refractivity contribution < 1.29 is 23.5 Å². The zero-order chi connectivity index (χ0) is 22.5. The van der Waals surface area contributed by atoms with Crippen molar-refractivity contribution in [2.24, 2.45) is 0 Å². The van der Waals surface area contributed by atoms with Crippen molar-refractivity contribution in [2.75, 3.05) is 19.7 Å². The lowest BCUT2D eigenvalue weighted by molar-refractivity contribution is 0.0665. The van der Waals surface area contributed by atoms with Gasteiger partial charge in [-0.15, -0.1) is 0 Å². The number of amides is 3. The molecule has 0 spiro atoms. The van der Waals surface area contributed by atoms with Gasteiger partial charge in [-0.2, -0.15) is 0 Å². The smallest absolute Gasteiger partial charge is 0.336 e. The van der Waals surface area contributed by atoms with Crippen molar-refractivity contribution in [3.8, 4) is 17.2 Å². The van der Waals surface area contributed by atoms with E-state index < -0.39 is 11.9 Å². The minimum absolute atomic E-state index is 0.181. The molecule has 0 aliphatic carbocycles. The lowest BCUT2D eigenvalue weighted by Crippen LogP contribution is -2.52. The molecule has 0 bridgehead atoms. The molecule has 9 nitrogen and oxygen atoms in total. The molecule has 2 aromatic carbocycles. The molecular formula is C22H22FN5O4. The molecule has 10 heteroatoms. The minimum Gasteiger partial charge on any atom is -0.486 e. The first-order valence-corrected chi connectivity index (χ1v) is 10.1. The summed E-state index contributed by atoms with van der Waals surface area (Å²) in [5.41, 5.74) is 5.54. The Kier molecular flexibility index (Phi) is 6.20. The summed E-state index contributed by atoms with van der Waals surface area (Å²) in [6.07, 6.45) is 2.44. The van der Waals surface area contributed by atoms with E-state index in [2.05, 4.69) is 15.8 Å². The Morgan fingerprint density at radius 2 is 1.91 bits per heavy atom. The van der Waals surface area contributed by atoms with E-state index in [0.29, 0.717) is 30.3 Å². The van der Waals surface area contributed by atoms with Crippen LogP contribution in [0, 0.1) is 5.82 Å². The van der Waals surface area contributed by atoms with Crippen molar-refractivity contribution in [3.63, 3.8) is 0 Å². The second-order valence-electron chi connectivity index (χ2n) is 7.05. The van der Waals surface area contributed by atoms with E-state index >= 15 is 0 Å². The number of aromatic nitrogens is 2. The van der Waals surface area contributed by atoms with Crippen molar-refractivity contribution in [2.45, 2.75) is 13.0 Å². The van der Waals surface area contributed by atoms with Crippen LogP contribution in [-0.4, -0.2) is 52.2 Å². The van der Waals surface area contributed by atoms with Gasteiger partial charge in [-0.3, -0.25) is 14.8 Å². The molecule has 2 N–H and O–H groups in total. The number of carbonyl (C=O) groups is 2. The molecule has 4 rings (SSSR count). The van der Waals surface area contributed by atoms with Gasteiger partial charge < -0.3 is 14.4 Å². The summed E-state index contributed by atoms with van der Waals surface area (Å²) in [7, 11) is 0. The van der Waals surface area contributed by atoms with Gasteiger partial charge in [0.05, 0.1) is 19.1 Å². The summed E-state index contributed by atoms with van der Waals surface area (Å²) >= 11 is 0. The van der Waals surface area contributed by atoms with E-state index in [1.807, 2.05) is 31.2 Å². The summed E-state index contributed by atoms with van der Waals surface area (Å²) in [5.74, 6) is 0.342. The molecular weight excluding hydrogens is 417 g/mol. The maximum absolute atomic E-state index is 13.2. The van der Waals surface area contributed by atoms with E-state index in [1.165, 1.54) is 46.3 Å². The van der Waals surface area contributed by atoms with Crippen LogP contribution in [0.15, 0.2) is 61.1 Å². The van der Waals surface area contributed by atoms with Gasteiger partial charge >= 0.3 is 6.03 Å². The zero-order valence-corrected chi connectivity index (χ0v) is 17.3. The monoisotopic (exact) mass is 439 g/mol. The predicted octanol–water partition coefficient (Wildman–Crippen LogP) is 2.53. The summed E-state index contributed by atoms with van der Waals surface area (Å²) in [4.78, 5) is 30.7. The lowest BCUT2D eigenvalue weighted by Gasteiger charge is -2.30. The van der Waals surface area contributed by atoms with Gasteiger partial charge in [0.2, 0.25) is 0 Å². The molecule has 32 heavy (non-hydrogen) atoms. The molecule has 1 aromatic heterocycles. The van der Waals surface area contributed by atoms with Gasteiger partial charge in [-0.05, 0) is 43.3 Å². The van der Waals surface area contributed by atoms with E-state index in [4.69, 9.17) is 9.47 Å². The largest absolute Gasteiger partial charge is 0.486 e. The summed E-state index contributed by atoms with van der Waals surface area (Å²) in [6, 6.07) is 12.5. The van der Waals surface area contributed by atoms with Gasteiger partial charge in [0.15, 0.2) is 17.6 Å². The fourth-order valence-electron chi connectivity index (χ4n) is 3.28. The molecule has 2 heterocycles. The van der Waals surface area contributed by atoms with E-state index in [9.17, 15) is 14.0 Å². The first-order valence-electron chi connectivity index (χ1n) is 10.1. The molecule has 1 unspecified atom stereocenters. The Labute approximate surface area is 183 Å². The molecule has 0 saturated carbocycles. The van der Waals surface area contributed by atoms with Crippen molar-refractivity contribution in [3.05, 3.63) is 72.6 Å². The summed E-state index contributed by atoms with van der Waals surface area (Å²) < 4.78 is 26.2. The third-order valence-corrected chi connectivity index (χ3v) is 4.92. The van der Waals surface area contributed by atoms with Crippen LogP contribution in [0.2, 0.25) is 0 Å². The molecule has 0 radical (unpaired) electrons. The van der Waals surface area contributed by atoms with Gasteiger partial charge in [0.25, 0.3) is 5.91 Å². The number of nitrogens with zero attached hydrogens (tertiary/aromatic N) is 3. The first kappa shape index (κ1) is 21.2. The SMILES string of the molecule is CCN(CC1COc2ccccc2O1)C(=O)NNC(=O)c1cncn1-c1ccc(F)cc1. The minimum atomic E-state index is -0.567. The van der Waals surface area contributed by atoms with E-state index in [1.54, 1.807) is 0 Å². The molecule has 1 aliphatic rings. The molecule has 1 atom stereocenters. The molecule has 3 amide bonds. The second kappa shape index (κ2) is 9.38. The van der Waals surface area contributed by atoms with Crippen LogP contribution < -0.4 is 20.3 Å². The number of imidazole rings is 1. The van der Waals surface area contributed by atoms with Crippen LogP contribution in [0.4, 0.5) is 9.18 Å². The third-order valence-electron chi connectivity index (χ3n) is 4.92. The number of likely N-dealkylation sites (N-methyl/N-ethyl adjacent to an activating group) is 1. The van der Waals surface area contributed by atoms with Crippen molar-refractivity contribution in [1.29, 1.82) is 0 Å². The zero-order valence-electron chi connectivity index (χ0n) is 17.3. The Balaban J connectivity index is 1.34. The third kappa shape index (κ3) is 4.64. The Hall–Kier alpha value is -4.08. The Morgan fingerprint density at radius 1 is 1.16 bits per heavy atom. The fourth-order valence-corrected chi connectivity index (χ4v) is 3.28. The number of fused-ring (bicyclic) bond motifs is 1. The number of hydrogen-bond donors (Lipinski definition) is 2. The Bertz CT molecular complexity index is 1100. The number of para-hydroxylation sites is 2. The van der Waals surface area contributed by atoms with Gasteiger partial charge in [0, 0.05) is 12.2 Å². The lowest BCUT2D eigenvalue weighted by atomic mass is 10.2.